The highest BCUT2D eigenvalue weighted by atomic mass is 16.5. The van der Waals surface area contributed by atoms with Crippen molar-refractivity contribution in [2.75, 3.05) is 20.2 Å². The lowest BCUT2D eigenvalue weighted by atomic mass is 10.1. The van der Waals surface area contributed by atoms with E-state index in [9.17, 15) is 4.79 Å². The molecular weight excluding hydrogens is 358 g/mol. The van der Waals surface area contributed by atoms with Crippen molar-refractivity contribution in [1.29, 1.82) is 0 Å². The molecule has 1 aliphatic heterocycles. The largest absolute Gasteiger partial charge is 0.376 e. The summed E-state index contributed by atoms with van der Waals surface area (Å²) in [5, 5.41) is 8.80. The van der Waals surface area contributed by atoms with Crippen molar-refractivity contribution in [3.63, 3.8) is 0 Å². The molecule has 3 rings (SSSR count). The minimum atomic E-state index is 0.152. The molecule has 2 aromatic heterocycles. The van der Waals surface area contributed by atoms with Gasteiger partial charge in [0, 0.05) is 50.2 Å². The third-order valence-corrected chi connectivity index (χ3v) is 5.04. The molecule has 0 saturated carbocycles. The predicted molar refractivity (Wildman–Crippen MR) is 105 cm³/mol. The van der Waals surface area contributed by atoms with Gasteiger partial charge in [-0.2, -0.15) is 10.1 Å². The maximum atomic E-state index is 12.2. The summed E-state index contributed by atoms with van der Waals surface area (Å²) in [5.74, 6) is 1.69. The minimum absolute atomic E-state index is 0.152. The zero-order valence-corrected chi connectivity index (χ0v) is 17.6. The Balaban J connectivity index is 1.67. The number of nitrogens with zero attached hydrogens (tertiary/aromatic N) is 5. The van der Waals surface area contributed by atoms with Gasteiger partial charge in [-0.1, -0.05) is 19.0 Å². The van der Waals surface area contributed by atoms with E-state index in [1.807, 2.05) is 11.7 Å². The molecule has 0 radical (unpaired) electrons. The van der Waals surface area contributed by atoms with Gasteiger partial charge in [0.05, 0.1) is 13.2 Å². The van der Waals surface area contributed by atoms with Crippen LogP contribution in [0, 0.1) is 5.92 Å². The molecular formula is C20H31N5O3. The van der Waals surface area contributed by atoms with Crippen LogP contribution < -0.4 is 0 Å². The molecule has 0 aliphatic carbocycles. The number of hydrogen-bond acceptors (Lipinski definition) is 6. The summed E-state index contributed by atoms with van der Waals surface area (Å²) in [6.45, 7) is 10.3. The first-order chi connectivity index (χ1) is 13.4. The Bertz CT molecular complexity index is 809. The minimum Gasteiger partial charge on any atom is -0.376 e. The average Bonchev–Trinajstić information content (AvgIpc) is 3.28. The molecule has 1 aliphatic rings. The third-order valence-electron chi connectivity index (χ3n) is 5.04. The van der Waals surface area contributed by atoms with Crippen LogP contribution in [0.4, 0.5) is 0 Å². The number of amides is 1. The predicted octanol–water partition coefficient (Wildman–Crippen LogP) is 3.02. The lowest BCUT2D eigenvalue weighted by Crippen LogP contribution is -2.29. The molecule has 0 saturated heterocycles. The van der Waals surface area contributed by atoms with Crippen LogP contribution in [0.1, 0.15) is 63.7 Å². The van der Waals surface area contributed by atoms with E-state index < -0.39 is 0 Å². The molecule has 0 atom stereocenters. The van der Waals surface area contributed by atoms with Gasteiger partial charge < -0.3 is 14.2 Å². The van der Waals surface area contributed by atoms with Crippen molar-refractivity contribution in [3.05, 3.63) is 17.1 Å². The van der Waals surface area contributed by atoms with Crippen LogP contribution in [0.3, 0.4) is 0 Å². The quantitative estimate of drug-likeness (QED) is 0.690. The van der Waals surface area contributed by atoms with E-state index in [4.69, 9.17) is 14.4 Å². The molecule has 3 heterocycles. The van der Waals surface area contributed by atoms with Gasteiger partial charge in [-0.05, 0) is 26.2 Å². The molecule has 8 heteroatoms. The van der Waals surface area contributed by atoms with Gasteiger partial charge in [0.2, 0.25) is 5.91 Å². The zero-order valence-electron chi connectivity index (χ0n) is 17.6. The van der Waals surface area contributed by atoms with E-state index in [-0.39, 0.29) is 11.9 Å². The highest BCUT2D eigenvalue weighted by Crippen LogP contribution is 2.29. The van der Waals surface area contributed by atoms with Crippen LogP contribution in [-0.2, 0) is 29.0 Å². The Hall–Kier alpha value is -2.22. The monoisotopic (exact) mass is 389 g/mol. The van der Waals surface area contributed by atoms with Crippen molar-refractivity contribution in [1.82, 2.24) is 24.8 Å². The van der Waals surface area contributed by atoms with Crippen molar-refractivity contribution in [2.45, 2.75) is 66.0 Å². The molecule has 0 aromatic carbocycles. The number of carbonyl (C=O) groups is 1. The number of rotatable bonds is 8. The van der Waals surface area contributed by atoms with E-state index >= 15 is 0 Å². The van der Waals surface area contributed by atoms with Gasteiger partial charge in [-0.25, -0.2) is 0 Å². The van der Waals surface area contributed by atoms with Crippen LogP contribution in [-0.4, -0.2) is 50.9 Å². The Morgan fingerprint density at radius 3 is 2.79 bits per heavy atom. The number of carbonyl (C=O) groups excluding carboxylic acids is 1. The fourth-order valence-corrected chi connectivity index (χ4v) is 3.31. The summed E-state index contributed by atoms with van der Waals surface area (Å²) in [7, 11) is 1.82. The van der Waals surface area contributed by atoms with Crippen molar-refractivity contribution >= 4 is 5.91 Å². The summed E-state index contributed by atoms with van der Waals surface area (Å²) < 4.78 is 13.1. The summed E-state index contributed by atoms with van der Waals surface area (Å²) in [6, 6.07) is 0.258. The fourth-order valence-electron chi connectivity index (χ4n) is 3.31. The van der Waals surface area contributed by atoms with Gasteiger partial charge in [0.25, 0.3) is 5.89 Å². The number of hydrogen-bond donors (Lipinski definition) is 0. The highest BCUT2D eigenvalue weighted by molar-refractivity contribution is 5.75. The molecule has 2 aromatic rings. The first-order valence-corrected chi connectivity index (χ1v) is 10.1. The van der Waals surface area contributed by atoms with Gasteiger partial charge in [-0.15, -0.1) is 0 Å². The molecule has 0 spiro atoms. The van der Waals surface area contributed by atoms with Crippen LogP contribution in [0.2, 0.25) is 0 Å². The second-order valence-corrected chi connectivity index (χ2v) is 8.13. The summed E-state index contributed by atoms with van der Waals surface area (Å²) in [4.78, 5) is 18.4. The van der Waals surface area contributed by atoms with Gasteiger partial charge >= 0.3 is 0 Å². The van der Waals surface area contributed by atoms with Crippen molar-refractivity contribution in [2.24, 2.45) is 5.92 Å². The number of ether oxygens (including phenoxy) is 1. The topological polar surface area (TPSA) is 86.3 Å². The van der Waals surface area contributed by atoms with E-state index in [1.54, 1.807) is 4.90 Å². The third kappa shape index (κ3) is 4.60. The summed E-state index contributed by atoms with van der Waals surface area (Å²) in [5.41, 5.74) is 2.94. The molecule has 0 fully saturated rings. The van der Waals surface area contributed by atoms with Gasteiger partial charge in [-0.3, -0.25) is 9.48 Å². The van der Waals surface area contributed by atoms with Crippen LogP contribution in [0.15, 0.2) is 4.52 Å². The average molecular weight is 390 g/mol. The van der Waals surface area contributed by atoms with Crippen molar-refractivity contribution < 1.29 is 14.1 Å². The fraction of sp³-hybridized carbons (Fsp3) is 0.700. The van der Waals surface area contributed by atoms with E-state index in [0.717, 1.165) is 18.4 Å². The van der Waals surface area contributed by atoms with Gasteiger partial charge in [0.15, 0.2) is 11.5 Å². The van der Waals surface area contributed by atoms with Crippen LogP contribution in [0.25, 0.3) is 11.6 Å². The Kier molecular flexibility index (Phi) is 6.49. The molecule has 1 amide bonds. The van der Waals surface area contributed by atoms with Crippen LogP contribution >= 0.6 is 0 Å². The molecule has 0 bridgehead atoms. The second-order valence-electron chi connectivity index (χ2n) is 8.13. The lowest BCUT2D eigenvalue weighted by Gasteiger charge is -2.16. The SMILES string of the molecule is CC(C)CCC(=O)N(C)CCc1noc(-c2nn(C(C)C)c3c2COCC3)n1. The Morgan fingerprint density at radius 2 is 2.07 bits per heavy atom. The maximum absolute atomic E-state index is 12.2. The number of likely N-dealkylation sites (N-methyl/N-ethyl adjacent to an activating group) is 1. The summed E-state index contributed by atoms with van der Waals surface area (Å²) in [6.07, 6.45) is 2.87. The molecule has 0 N–H and O–H groups in total. The van der Waals surface area contributed by atoms with E-state index in [0.29, 0.717) is 55.9 Å². The summed E-state index contributed by atoms with van der Waals surface area (Å²) >= 11 is 0. The first kappa shape index (κ1) is 20.5. The van der Waals surface area contributed by atoms with E-state index in [2.05, 4.69) is 37.8 Å². The highest BCUT2D eigenvalue weighted by Gasteiger charge is 2.26. The Labute approximate surface area is 166 Å². The standard InChI is InChI=1S/C20H31N5O3/c1-13(2)6-7-18(26)24(5)10-8-17-21-20(28-23-17)19-15-12-27-11-9-16(15)25(22-19)14(3)4/h13-14H,6-12H2,1-5H3. The van der Waals surface area contributed by atoms with Crippen molar-refractivity contribution in [3.8, 4) is 11.6 Å². The zero-order chi connectivity index (χ0) is 20.3. The number of fused-ring (bicyclic) bond motifs is 1. The smallest absolute Gasteiger partial charge is 0.278 e. The molecule has 154 valence electrons. The second kappa shape index (κ2) is 8.86. The Morgan fingerprint density at radius 1 is 1.29 bits per heavy atom. The van der Waals surface area contributed by atoms with Crippen LogP contribution in [0.5, 0.6) is 0 Å². The maximum Gasteiger partial charge on any atom is 0.278 e. The molecule has 8 nitrogen and oxygen atoms in total. The normalized spacial score (nSPS) is 14.0. The van der Waals surface area contributed by atoms with E-state index in [1.165, 1.54) is 5.69 Å². The number of aromatic nitrogens is 4. The van der Waals surface area contributed by atoms with Gasteiger partial charge in [0.1, 0.15) is 0 Å². The lowest BCUT2D eigenvalue weighted by molar-refractivity contribution is -0.130. The molecule has 0 unspecified atom stereocenters. The first-order valence-electron chi connectivity index (χ1n) is 10.1. The molecule has 28 heavy (non-hydrogen) atoms.